The fourth-order valence-corrected chi connectivity index (χ4v) is 2.72. The van der Waals surface area contributed by atoms with Gasteiger partial charge in [-0.2, -0.15) is 0 Å². The number of nitrogens with zero attached hydrogens (tertiary/aromatic N) is 2. The van der Waals surface area contributed by atoms with Gasteiger partial charge in [-0.1, -0.05) is 0 Å². The number of nitro groups is 1. The van der Waals surface area contributed by atoms with Gasteiger partial charge < -0.3 is 0 Å². The molecule has 0 unspecified atom stereocenters. The van der Waals surface area contributed by atoms with E-state index >= 15 is 0 Å². The van der Waals surface area contributed by atoms with Crippen molar-refractivity contribution in [3.63, 3.8) is 0 Å². The molecule has 0 aromatic carbocycles. The van der Waals surface area contributed by atoms with Crippen molar-refractivity contribution in [1.29, 1.82) is 0 Å². The van der Waals surface area contributed by atoms with Gasteiger partial charge in [-0.3, -0.25) is 10.1 Å². The van der Waals surface area contributed by atoms with Gasteiger partial charge in [-0.15, -0.1) is 0 Å². The summed E-state index contributed by atoms with van der Waals surface area (Å²) in [4.78, 5) is 12.7. The third kappa shape index (κ3) is 3.19. The lowest BCUT2D eigenvalue weighted by Gasteiger charge is -2.05. The highest BCUT2D eigenvalue weighted by atomic mass is 127. The summed E-state index contributed by atoms with van der Waals surface area (Å²) in [5.74, 6) is 0. The predicted octanol–water partition coefficient (Wildman–Crippen LogP) is 2.46. The average molecular weight is 399 g/mol. The van der Waals surface area contributed by atoms with Crippen LogP contribution >= 0.6 is 33.3 Å². The van der Waals surface area contributed by atoms with Gasteiger partial charge in [-0.25, -0.2) is 22.2 Å². The lowest BCUT2D eigenvalue weighted by atomic mass is 10.2. The summed E-state index contributed by atoms with van der Waals surface area (Å²) >= 11 is 1.45. The summed E-state index contributed by atoms with van der Waals surface area (Å²) in [6.07, 6.45) is -3.20. The first-order chi connectivity index (χ1) is 7.64. The minimum Gasteiger partial charge on any atom is -0.258 e. The Morgan fingerprint density at radius 2 is 2.06 bits per heavy atom. The minimum atomic E-state index is -4.58. The van der Waals surface area contributed by atoms with Gasteiger partial charge in [0.25, 0.3) is 20.5 Å². The maximum absolute atomic E-state index is 12.6. The number of aromatic nitrogens is 1. The second-order valence-electron chi connectivity index (χ2n) is 2.68. The maximum Gasteiger partial charge on any atom is 0.316 e. The summed E-state index contributed by atoms with van der Waals surface area (Å²) < 4.78 is 47.1. The van der Waals surface area contributed by atoms with Gasteiger partial charge in [0, 0.05) is 10.7 Å². The van der Waals surface area contributed by atoms with Crippen LogP contribution in [0.25, 0.3) is 0 Å². The first-order valence-electron chi connectivity index (χ1n) is 3.72. The summed E-state index contributed by atoms with van der Waals surface area (Å²) in [7, 11) is 0.338. The fourth-order valence-electron chi connectivity index (χ4n) is 1.02. The number of pyridine rings is 1. The molecule has 0 saturated carbocycles. The van der Waals surface area contributed by atoms with Crippen LogP contribution in [0.15, 0.2) is 11.1 Å². The van der Waals surface area contributed by atoms with E-state index in [0.29, 0.717) is 0 Å². The van der Waals surface area contributed by atoms with E-state index in [4.69, 9.17) is 10.7 Å². The number of hydrogen-bond acceptors (Lipinski definition) is 5. The van der Waals surface area contributed by atoms with E-state index in [0.717, 1.165) is 6.07 Å². The Morgan fingerprint density at radius 1 is 1.53 bits per heavy atom. The number of rotatable bonds is 3. The molecule has 0 aliphatic heterocycles. The first kappa shape index (κ1) is 14.4. The Kier molecular flexibility index (Phi) is 4.19. The van der Waals surface area contributed by atoms with Crippen LogP contribution in [-0.2, 0) is 9.05 Å². The molecular weight excluding hydrogens is 396 g/mol. The molecule has 6 nitrogen and oxygen atoms in total. The van der Waals surface area contributed by atoms with E-state index in [-0.39, 0.29) is 3.70 Å². The monoisotopic (exact) mass is 398 g/mol. The smallest absolute Gasteiger partial charge is 0.258 e. The molecule has 0 bridgehead atoms. The molecule has 1 rings (SSSR count). The predicted molar refractivity (Wildman–Crippen MR) is 61.6 cm³/mol. The highest BCUT2D eigenvalue weighted by Gasteiger charge is 2.33. The topological polar surface area (TPSA) is 90.2 Å². The van der Waals surface area contributed by atoms with Crippen LogP contribution < -0.4 is 0 Å². The molecule has 1 aromatic heterocycles. The number of halogens is 4. The molecule has 0 N–H and O–H groups in total. The zero-order valence-electron chi connectivity index (χ0n) is 7.60. The van der Waals surface area contributed by atoms with Gasteiger partial charge in [0.15, 0.2) is 0 Å². The minimum absolute atomic E-state index is 0.136. The van der Waals surface area contributed by atoms with Crippen LogP contribution in [0.5, 0.6) is 0 Å². The Labute approximate surface area is 112 Å². The van der Waals surface area contributed by atoms with Crippen LogP contribution in [-0.4, -0.2) is 18.3 Å². The van der Waals surface area contributed by atoms with E-state index in [9.17, 15) is 27.3 Å². The molecule has 0 atom stereocenters. The van der Waals surface area contributed by atoms with Crippen molar-refractivity contribution in [3.8, 4) is 0 Å². The van der Waals surface area contributed by atoms with Gasteiger partial charge >= 0.3 is 5.69 Å². The van der Waals surface area contributed by atoms with Crippen LogP contribution in [0.3, 0.4) is 0 Å². The van der Waals surface area contributed by atoms with Crippen molar-refractivity contribution in [2.24, 2.45) is 0 Å². The zero-order chi connectivity index (χ0) is 13.4. The molecule has 0 aliphatic carbocycles. The molecule has 0 fully saturated rings. The van der Waals surface area contributed by atoms with Gasteiger partial charge in [0.1, 0.15) is 9.26 Å². The molecule has 0 amide bonds. The number of hydrogen-bond donors (Lipinski definition) is 0. The average Bonchev–Trinajstić information content (AvgIpc) is 2.14. The van der Waals surface area contributed by atoms with Crippen LogP contribution in [0.2, 0.25) is 0 Å². The van der Waals surface area contributed by atoms with E-state index in [1.807, 2.05) is 0 Å². The van der Waals surface area contributed by atoms with Crippen LogP contribution in [0, 0.1) is 13.8 Å². The Hall–Kier alpha value is -0.620. The lowest BCUT2D eigenvalue weighted by molar-refractivity contribution is -0.389. The van der Waals surface area contributed by atoms with Crippen molar-refractivity contribution in [1.82, 2.24) is 4.98 Å². The molecule has 1 aromatic rings. The lowest BCUT2D eigenvalue weighted by Crippen LogP contribution is -2.07. The first-order valence-corrected chi connectivity index (χ1v) is 7.11. The van der Waals surface area contributed by atoms with E-state index in [2.05, 4.69) is 4.98 Å². The highest BCUT2D eigenvalue weighted by molar-refractivity contribution is 14.1. The third-order valence-corrected chi connectivity index (χ3v) is 3.35. The van der Waals surface area contributed by atoms with E-state index < -0.39 is 36.7 Å². The van der Waals surface area contributed by atoms with Gasteiger partial charge in [0.2, 0.25) is 0 Å². The van der Waals surface area contributed by atoms with Crippen LogP contribution in [0.4, 0.5) is 14.5 Å². The van der Waals surface area contributed by atoms with Crippen molar-refractivity contribution >= 4 is 48.0 Å². The van der Waals surface area contributed by atoms with E-state index in [1.54, 1.807) is 0 Å². The largest absolute Gasteiger partial charge is 0.316 e. The SMILES string of the molecule is O=[N+]([O-])c1c(C(F)F)cc(I)nc1S(=O)(=O)Cl. The standard InChI is InChI=1S/C6H2ClF2IN2O4S/c7-17(15,16)6-4(12(13)14)2(5(8)9)1-3(10)11-6/h1,5H. The fraction of sp³-hybridized carbons (Fsp3) is 0.167. The second-order valence-corrected chi connectivity index (χ2v) is 6.27. The van der Waals surface area contributed by atoms with Crippen molar-refractivity contribution < 1.29 is 22.1 Å². The van der Waals surface area contributed by atoms with Gasteiger partial charge in [0.05, 0.1) is 4.92 Å². The van der Waals surface area contributed by atoms with Crippen molar-refractivity contribution in [2.45, 2.75) is 11.5 Å². The second kappa shape index (κ2) is 4.94. The summed E-state index contributed by atoms with van der Waals surface area (Å²) in [5.41, 5.74) is -2.33. The van der Waals surface area contributed by atoms with Crippen molar-refractivity contribution in [3.05, 3.63) is 25.4 Å². The Bertz CT molecular complexity index is 580. The summed E-state index contributed by atoms with van der Waals surface area (Å²) in [6, 6.07) is 0.731. The van der Waals surface area contributed by atoms with Crippen molar-refractivity contribution in [2.75, 3.05) is 0 Å². The molecule has 0 aliphatic rings. The molecular formula is C6H2ClF2IN2O4S. The summed E-state index contributed by atoms with van der Waals surface area (Å²) in [6.45, 7) is 0. The third-order valence-electron chi connectivity index (χ3n) is 1.61. The quantitative estimate of drug-likeness (QED) is 0.256. The van der Waals surface area contributed by atoms with Gasteiger partial charge in [-0.05, 0) is 28.7 Å². The maximum atomic E-state index is 12.6. The molecule has 0 radical (unpaired) electrons. The molecule has 17 heavy (non-hydrogen) atoms. The van der Waals surface area contributed by atoms with E-state index in [1.165, 1.54) is 22.6 Å². The molecule has 0 saturated heterocycles. The van der Waals surface area contributed by atoms with Crippen LogP contribution in [0.1, 0.15) is 12.0 Å². The zero-order valence-corrected chi connectivity index (χ0v) is 11.3. The molecule has 94 valence electrons. The molecule has 1 heterocycles. The normalized spacial score (nSPS) is 11.8. The Balaban J connectivity index is 3.77. The molecule has 0 spiro atoms. The highest BCUT2D eigenvalue weighted by Crippen LogP contribution is 2.35. The number of alkyl halides is 2. The molecule has 11 heteroatoms. The summed E-state index contributed by atoms with van der Waals surface area (Å²) in [5, 5.41) is 9.44. The Morgan fingerprint density at radius 3 is 2.41 bits per heavy atom.